The Morgan fingerprint density at radius 3 is 2.58 bits per heavy atom. The van der Waals surface area contributed by atoms with Crippen molar-refractivity contribution in [3.05, 3.63) is 22.2 Å². The summed E-state index contributed by atoms with van der Waals surface area (Å²) in [6.07, 6.45) is 8.05. The number of hydrogen-bond donors (Lipinski definition) is 2. The highest BCUT2D eigenvalue weighted by Gasteiger charge is 2.21. The fourth-order valence-corrected chi connectivity index (χ4v) is 3.51. The highest BCUT2D eigenvalue weighted by atomic mass is 79.9. The minimum atomic E-state index is 0.618. The molecule has 1 fully saturated rings. The Hall–Kier alpha value is -0.700. The van der Waals surface area contributed by atoms with E-state index in [2.05, 4.69) is 41.2 Å². The predicted molar refractivity (Wildman–Crippen MR) is 87.6 cm³/mol. The topological polar surface area (TPSA) is 38.0 Å². The Morgan fingerprint density at radius 2 is 1.95 bits per heavy atom. The Morgan fingerprint density at radius 1 is 1.26 bits per heavy atom. The van der Waals surface area contributed by atoms with Gasteiger partial charge >= 0.3 is 0 Å². The first-order chi connectivity index (χ1) is 9.10. The van der Waals surface area contributed by atoms with Crippen molar-refractivity contribution >= 4 is 27.3 Å². The van der Waals surface area contributed by atoms with E-state index in [-0.39, 0.29) is 0 Å². The van der Waals surface area contributed by atoms with Gasteiger partial charge in [0.1, 0.15) is 0 Å². The van der Waals surface area contributed by atoms with Crippen molar-refractivity contribution in [3.8, 4) is 0 Å². The summed E-state index contributed by atoms with van der Waals surface area (Å²) in [5.41, 5.74) is 9.10. The van der Waals surface area contributed by atoms with Gasteiger partial charge in [0.05, 0.1) is 0 Å². The number of rotatable bonds is 4. The molecule has 0 heterocycles. The zero-order chi connectivity index (χ0) is 13.8. The first-order valence-electron chi connectivity index (χ1n) is 7.42. The van der Waals surface area contributed by atoms with Gasteiger partial charge in [0.25, 0.3) is 0 Å². The third kappa shape index (κ3) is 3.88. The van der Waals surface area contributed by atoms with Gasteiger partial charge < -0.3 is 11.1 Å². The van der Waals surface area contributed by atoms with Gasteiger partial charge in [-0.25, -0.2) is 0 Å². The van der Waals surface area contributed by atoms with Crippen LogP contribution in [-0.2, 0) is 0 Å². The molecular weight excluding hydrogens is 300 g/mol. The largest absolute Gasteiger partial charge is 0.398 e. The zero-order valence-corrected chi connectivity index (χ0v) is 13.6. The smallest absolute Gasteiger partial charge is 0.0490 e. The van der Waals surface area contributed by atoms with Gasteiger partial charge in [-0.1, -0.05) is 19.8 Å². The Balaban J connectivity index is 1.94. The Kier molecular flexibility index (Phi) is 5.14. The van der Waals surface area contributed by atoms with E-state index in [4.69, 9.17) is 5.73 Å². The van der Waals surface area contributed by atoms with Crippen molar-refractivity contribution in [2.24, 2.45) is 5.92 Å². The molecule has 3 heteroatoms. The summed E-state index contributed by atoms with van der Waals surface area (Å²) in [6.45, 7) is 4.35. The summed E-state index contributed by atoms with van der Waals surface area (Å²) in [7, 11) is 0. The molecule has 1 aliphatic carbocycles. The molecule has 0 unspecified atom stereocenters. The van der Waals surface area contributed by atoms with Crippen LogP contribution in [0.1, 0.15) is 51.0 Å². The van der Waals surface area contributed by atoms with Gasteiger partial charge in [0.15, 0.2) is 0 Å². The highest BCUT2D eigenvalue weighted by Crippen LogP contribution is 2.33. The molecule has 0 aromatic heterocycles. The summed E-state index contributed by atoms with van der Waals surface area (Å²) in [4.78, 5) is 0. The maximum atomic E-state index is 5.92. The number of nitrogens with one attached hydrogen (secondary N) is 1. The molecule has 1 aromatic rings. The van der Waals surface area contributed by atoms with E-state index in [9.17, 15) is 0 Å². The molecule has 2 nitrogen and oxygen atoms in total. The molecule has 106 valence electrons. The van der Waals surface area contributed by atoms with Crippen molar-refractivity contribution in [1.29, 1.82) is 0 Å². The second-order valence-corrected chi connectivity index (χ2v) is 6.69. The second-order valence-electron chi connectivity index (χ2n) is 5.84. The van der Waals surface area contributed by atoms with E-state index >= 15 is 0 Å². The van der Waals surface area contributed by atoms with E-state index in [0.29, 0.717) is 6.04 Å². The summed E-state index contributed by atoms with van der Waals surface area (Å²) in [5.74, 6) is 0.958. The van der Waals surface area contributed by atoms with E-state index in [1.165, 1.54) is 44.2 Å². The highest BCUT2D eigenvalue weighted by molar-refractivity contribution is 9.10. The molecule has 0 amide bonds. The first-order valence-corrected chi connectivity index (χ1v) is 8.21. The minimum Gasteiger partial charge on any atom is -0.398 e. The lowest BCUT2D eigenvalue weighted by molar-refractivity contribution is 0.319. The third-order valence-electron chi connectivity index (χ3n) is 4.26. The van der Waals surface area contributed by atoms with Gasteiger partial charge in [0.2, 0.25) is 0 Å². The van der Waals surface area contributed by atoms with Gasteiger partial charge in [-0.15, -0.1) is 0 Å². The lowest BCUT2D eigenvalue weighted by Gasteiger charge is -2.30. The predicted octanol–water partition coefficient (Wildman–Crippen LogP) is 5.11. The van der Waals surface area contributed by atoms with E-state index in [1.807, 2.05) is 6.07 Å². The lowest BCUT2D eigenvalue weighted by atomic mass is 9.83. The SMILES string of the molecule is CCCC1CCC(Nc2cc(C)c(N)cc2Br)CC1. The summed E-state index contributed by atoms with van der Waals surface area (Å²) < 4.78 is 1.08. The van der Waals surface area contributed by atoms with Crippen molar-refractivity contribution in [3.63, 3.8) is 0 Å². The standard InChI is InChI=1S/C16H25BrN2/c1-3-4-12-5-7-13(8-6-12)19-16-9-11(2)15(18)10-14(16)17/h9-10,12-13,19H,3-8,18H2,1-2H3. The molecule has 1 aliphatic rings. The molecule has 0 saturated heterocycles. The summed E-state index contributed by atoms with van der Waals surface area (Å²) in [5, 5.41) is 3.68. The number of anilines is 2. The van der Waals surface area contributed by atoms with Crippen molar-refractivity contribution in [2.45, 2.75) is 58.4 Å². The van der Waals surface area contributed by atoms with Crippen molar-refractivity contribution in [1.82, 2.24) is 0 Å². The van der Waals surface area contributed by atoms with Crippen LogP contribution in [0, 0.1) is 12.8 Å². The Bertz CT molecular complexity index is 423. The van der Waals surface area contributed by atoms with E-state index in [1.54, 1.807) is 0 Å². The van der Waals surface area contributed by atoms with Crippen LogP contribution in [0.25, 0.3) is 0 Å². The van der Waals surface area contributed by atoms with Gasteiger partial charge in [-0.2, -0.15) is 0 Å². The van der Waals surface area contributed by atoms with Gasteiger partial charge in [0, 0.05) is 21.9 Å². The molecule has 0 spiro atoms. The van der Waals surface area contributed by atoms with E-state index in [0.717, 1.165) is 21.6 Å². The average Bonchev–Trinajstić information content (AvgIpc) is 2.38. The number of aryl methyl sites for hydroxylation is 1. The van der Waals surface area contributed by atoms with Crippen LogP contribution in [0.5, 0.6) is 0 Å². The molecule has 1 aromatic carbocycles. The maximum absolute atomic E-state index is 5.92. The number of nitrogens with two attached hydrogens (primary N) is 1. The molecule has 0 radical (unpaired) electrons. The normalized spacial score (nSPS) is 23.3. The molecule has 3 N–H and O–H groups in total. The van der Waals surface area contributed by atoms with Crippen LogP contribution in [-0.4, -0.2) is 6.04 Å². The molecule has 19 heavy (non-hydrogen) atoms. The van der Waals surface area contributed by atoms with Crippen molar-refractivity contribution < 1.29 is 0 Å². The van der Waals surface area contributed by atoms with Crippen LogP contribution in [0.3, 0.4) is 0 Å². The van der Waals surface area contributed by atoms with Crippen LogP contribution in [0.2, 0.25) is 0 Å². The fourth-order valence-electron chi connectivity index (χ4n) is 3.03. The minimum absolute atomic E-state index is 0.618. The van der Waals surface area contributed by atoms with Crippen molar-refractivity contribution in [2.75, 3.05) is 11.1 Å². The Labute approximate surface area is 125 Å². The number of hydrogen-bond acceptors (Lipinski definition) is 2. The van der Waals surface area contributed by atoms with Gasteiger partial charge in [-0.05, 0) is 72.2 Å². The molecular formula is C16H25BrN2. The molecule has 2 rings (SSSR count). The average molecular weight is 325 g/mol. The first kappa shape index (κ1) is 14.7. The summed E-state index contributed by atoms with van der Waals surface area (Å²) >= 11 is 3.60. The molecule has 0 bridgehead atoms. The van der Waals surface area contributed by atoms with Crippen LogP contribution >= 0.6 is 15.9 Å². The van der Waals surface area contributed by atoms with Crippen LogP contribution in [0.4, 0.5) is 11.4 Å². The van der Waals surface area contributed by atoms with E-state index < -0.39 is 0 Å². The monoisotopic (exact) mass is 324 g/mol. The number of benzene rings is 1. The lowest BCUT2D eigenvalue weighted by Crippen LogP contribution is -2.26. The molecule has 0 aliphatic heterocycles. The van der Waals surface area contributed by atoms with Crippen LogP contribution in [0.15, 0.2) is 16.6 Å². The number of halogens is 1. The number of nitrogen functional groups attached to an aromatic ring is 1. The van der Waals surface area contributed by atoms with Gasteiger partial charge in [-0.3, -0.25) is 0 Å². The zero-order valence-electron chi connectivity index (χ0n) is 12.0. The fraction of sp³-hybridized carbons (Fsp3) is 0.625. The maximum Gasteiger partial charge on any atom is 0.0490 e. The summed E-state index contributed by atoms with van der Waals surface area (Å²) in [6, 6.07) is 4.77. The molecule has 0 atom stereocenters. The third-order valence-corrected chi connectivity index (χ3v) is 4.92. The molecule has 1 saturated carbocycles. The quantitative estimate of drug-likeness (QED) is 0.755. The van der Waals surface area contributed by atoms with Crippen LogP contribution < -0.4 is 11.1 Å². The second kappa shape index (κ2) is 6.65.